The number of piperidine rings is 1. The predicted octanol–water partition coefficient (Wildman–Crippen LogP) is 3.49. The first-order valence-electron chi connectivity index (χ1n) is 9.09. The number of likely N-dealkylation sites (tertiary alicyclic amines) is 1. The zero-order chi connectivity index (χ0) is 17.6. The van der Waals surface area contributed by atoms with Gasteiger partial charge < -0.3 is 5.32 Å². The molecule has 2 aromatic rings. The van der Waals surface area contributed by atoms with Crippen molar-refractivity contribution in [1.29, 1.82) is 0 Å². The summed E-state index contributed by atoms with van der Waals surface area (Å²) in [6.07, 6.45) is 4.60. The van der Waals surface area contributed by atoms with Crippen LogP contribution in [0, 0.1) is 11.8 Å². The van der Waals surface area contributed by atoms with E-state index in [1.807, 2.05) is 6.07 Å². The Kier molecular flexibility index (Phi) is 5.82. The van der Waals surface area contributed by atoms with E-state index in [-0.39, 0.29) is 5.91 Å². The van der Waals surface area contributed by atoms with Crippen LogP contribution in [0.2, 0.25) is 0 Å². The van der Waals surface area contributed by atoms with Crippen LogP contribution in [0.1, 0.15) is 41.8 Å². The highest BCUT2D eigenvalue weighted by Gasteiger charge is 2.22. The molecule has 4 nitrogen and oxygen atoms in total. The maximum Gasteiger partial charge on any atom is 0.251 e. The van der Waals surface area contributed by atoms with Crippen molar-refractivity contribution in [2.24, 2.45) is 11.8 Å². The Morgan fingerprint density at radius 3 is 2.40 bits per heavy atom. The number of benzene rings is 1. The predicted molar refractivity (Wildman–Crippen MR) is 100 cm³/mol. The van der Waals surface area contributed by atoms with E-state index >= 15 is 0 Å². The summed E-state index contributed by atoms with van der Waals surface area (Å²) in [5.41, 5.74) is 3.14. The Morgan fingerprint density at radius 1 is 1.08 bits per heavy atom. The highest BCUT2D eigenvalue weighted by atomic mass is 16.1. The molecule has 3 rings (SSSR count). The lowest BCUT2D eigenvalue weighted by atomic mass is 9.91. The quantitative estimate of drug-likeness (QED) is 0.908. The summed E-state index contributed by atoms with van der Waals surface area (Å²) < 4.78 is 0. The average Bonchev–Trinajstić information content (AvgIpc) is 2.60. The molecule has 2 heterocycles. The van der Waals surface area contributed by atoms with Crippen LogP contribution in [0.25, 0.3) is 0 Å². The summed E-state index contributed by atoms with van der Waals surface area (Å²) in [4.78, 5) is 18.8. The third-order valence-corrected chi connectivity index (χ3v) is 4.84. The number of carbonyl (C=O) groups is 1. The minimum absolute atomic E-state index is 0.0579. The van der Waals surface area contributed by atoms with Crippen molar-refractivity contribution in [3.8, 4) is 0 Å². The van der Waals surface area contributed by atoms with Crippen LogP contribution in [0.3, 0.4) is 0 Å². The highest BCUT2D eigenvalue weighted by molar-refractivity contribution is 5.93. The van der Waals surface area contributed by atoms with Gasteiger partial charge >= 0.3 is 0 Å². The number of hydrogen-bond acceptors (Lipinski definition) is 3. The zero-order valence-electron chi connectivity index (χ0n) is 15.1. The second-order valence-electron chi connectivity index (χ2n) is 7.33. The molecule has 4 heteroatoms. The fraction of sp³-hybridized carbons (Fsp3) is 0.429. The number of carbonyl (C=O) groups excluding carboxylic acids is 1. The second kappa shape index (κ2) is 8.26. The SMILES string of the molecule is C[C@@H]1C[C@@H](C)CN(Cc2ccccc2CNC(=O)c2ccncc2)C1. The molecule has 1 N–H and O–H groups in total. The van der Waals surface area contributed by atoms with E-state index in [1.54, 1.807) is 24.5 Å². The second-order valence-corrected chi connectivity index (χ2v) is 7.33. The Bertz CT molecular complexity index is 691. The monoisotopic (exact) mass is 337 g/mol. The van der Waals surface area contributed by atoms with Gasteiger partial charge in [-0.3, -0.25) is 14.7 Å². The van der Waals surface area contributed by atoms with Crippen molar-refractivity contribution in [3.05, 3.63) is 65.5 Å². The van der Waals surface area contributed by atoms with Gasteiger partial charge in [0, 0.05) is 44.1 Å². The van der Waals surface area contributed by atoms with E-state index < -0.39 is 0 Å². The molecule has 132 valence electrons. The summed E-state index contributed by atoms with van der Waals surface area (Å²) in [6, 6.07) is 11.9. The van der Waals surface area contributed by atoms with Gasteiger partial charge in [-0.05, 0) is 41.5 Å². The largest absolute Gasteiger partial charge is 0.348 e. The van der Waals surface area contributed by atoms with E-state index in [0.717, 1.165) is 31.5 Å². The highest BCUT2D eigenvalue weighted by Crippen LogP contribution is 2.23. The number of rotatable bonds is 5. The van der Waals surface area contributed by atoms with Crippen molar-refractivity contribution in [2.75, 3.05) is 13.1 Å². The molecule has 0 bridgehead atoms. The maximum absolute atomic E-state index is 12.3. The van der Waals surface area contributed by atoms with Crippen LogP contribution in [0.4, 0.5) is 0 Å². The molecule has 1 aromatic heterocycles. The lowest BCUT2D eigenvalue weighted by molar-refractivity contribution is 0.0950. The van der Waals surface area contributed by atoms with Crippen LogP contribution in [0.15, 0.2) is 48.8 Å². The molecule has 1 saturated heterocycles. The van der Waals surface area contributed by atoms with Crippen molar-refractivity contribution < 1.29 is 4.79 Å². The van der Waals surface area contributed by atoms with Gasteiger partial charge in [-0.1, -0.05) is 38.1 Å². The van der Waals surface area contributed by atoms with Crippen molar-refractivity contribution >= 4 is 5.91 Å². The van der Waals surface area contributed by atoms with Crippen LogP contribution in [-0.4, -0.2) is 28.9 Å². The Morgan fingerprint density at radius 2 is 1.72 bits per heavy atom. The summed E-state index contributed by atoms with van der Waals surface area (Å²) in [6.45, 7) is 8.49. The van der Waals surface area contributed by atoms with E-state index in [0.29, 0.717) is 12.1 Å². The fourth-order valence-electron chi connectivity index (χ4n) is 3.83. The van der Waals surface area contributed by atoms with Crippen LogP contribution in [0.5, 0.6) is 0 Å². The minimum atomic E-state index is -0.0579. The van der Waals surface area contributed by atoms with E-state index in [1.165, 1.54) is 17.5 Å². The van der Waals surface area contributed by atoms with Gasteiger partial charge in [0.25, 0.3) is 5.91 Å². The molecule has 25 heavy (non-hydrogen) atoms. The first-order valence-corrected chi connectivity index (χ1v) is 9.09. The molecule has 1 fully saturated rings. The number of amides is 1. The molecule has 2 atom stereocenters. The standard InChI is InChI=1S/C21H27N3O/c1-16-11-17(2)14-24(13-16)15-20-6-4-3-5-19(20)12-23-21(25)18-7-9-22-10-8-18/h3-10,16-17H,11-15H2,1-2H3,(H,23,25)/t16-,17-/m1/s1. The number of hydrogen-bond donors (Lipinski definition) is 1. The Labute approximate surface area is 150 Å². The maximum atomic E-state index is 12.3. The Hall–Kier alpha value is -2.20. The van der Waals surface area contributed by atoms with Crippen LogP contribution < -0.4 is 5.32 Å². The molecule has 1 aliphatic heterocycles. The van der Waals surface area contributed by atoms with Crippen molar-refractivity contribution in [2.45, 2.75) is 33.4 Å². The topological polar surface area (TPSA) is 45.2 Å². The van der Waals surface area contributed by atoms with E-state index in [2.05, 4.69) is 47.2 Å². The third-order valence-electron chi connectivity index (χ3n) is 4.84. The van der Waals surface area contributed by atoms with Gasteiger partial charge in [-0.2, -0.15) is 0 Å². The van der Waals surface area contributed by atoms with E-state index in [9.17, 15) is 4.79 Å². The molecular formula is C21H27N3O. The average molecular weight is 337 g/mol. The van der Waals surface area contributed by atoms with Gasteiger partial charge in [0.1, 0.15) is 0 Å². The number of nitrogens with one attached hydrogen (secondary N) is 1. The smallest absolute Gasteiger partial charge is 0.251 e. The van der Waals surface area contributed by atoms with Gasteiger partial charge in [-0.15, -0.1) is 0 Å². The molecule has 1 amide bonds. The summed E-state index contributed by atoms with van der Waals surface area (Å²) >= 11 is 0. The Balaban J connectivity index is 1.64. The molecule has 0 aliphatic carbocycles. The number of aromatic nitrogens is 1. The first kappa shape index (κ1) is 17.6. The summed E-state index contributed by atoms with van der Waals surface area (Å²) in [5.74, 6) is 1.45. The molecule has 1 aromatic carbocycles. The molecule has 0 unspecified atom stereocenters. The molecule has 0 radical (unpaired) electrons. The number of nitrogens with zero attached hydrogens (tertiary/aromatic N) is 2. The van der Waals surface area contributed by atoms with Crippen molar-refractivity contribution in [1.82, 2.24) is 15.2 Å². The molecule has 1 aliphatic rings. The minimum Gasteiger partial charge on any atom is -0.348 e. The first-order chi connectivity index (χ1) is 12.1. The lowest BCUT2D eigenvalue weighted by Gasteiger charge is -2.35. The summed E-state index contributed by atoms with van der Waals surface area (Å²) in [5, 5.41) is 3.03. The fourth-order valence-corrected chi connectivity index (χ4v) is 3.83. The molecular weight excluding hydrogens is 310 g/mol. The lowest BCUT2D eigenvalue weighted by Crippen LogP contribution is -2.38. The van der Waals surface area contributed by atoms with Crippen LogP contribution >= 0.6 is 0 Å². The third kappa shape index (κ3) is 4.89. The number of pyridine rings is 1. The van der Waals surface area contributed by atoms with Gasteiger partial charge in [0.2, 0.25) is 0 Å². The molecule has 0 spiro atoms. The van der Waals surface area contributed by atoms with Crippen LogP contribution in [-0.2, 0) is 13.1 Å². The molecule has 0 saturated carbocycles. The normalized spacial score (nSPS) is 21.0. The summed E-state index contributed by atoms with van der Waals surface area (Å²) in [7, 11) is 0. The van der Waals surface area contributed by atoms with Crippen molar-refractivity contribution in [3.63, 3.8) is 0 Å². The van der Waals surface area contributed by atoms with Gasteiger partial charge in [-0.25, -0.2) is 0 Å². The zero-order valence-corrected chi connectivity index (χ0v) is 15.1. The van der Waals surface area contributed by atoms with Gasteiger partial charge in [0.05, 0.1) is 0 Å². The van der Waals surface area contributed by atoms with E-state index in [4.69, 9.17) is 0 Å². The van der Waals surface area contributed by atoms with Gasteiger partial charge in [0.15, 0.2) is 0 Å².